The van der Waals surface area contributed by atoms with E-state index in [1.807, 2.05) is 0 Å². The summed E-state index contributed by atoms with van der Waals surface area (Å²) in [6, 6.07) is 0.174. The molecule has 76 valence electrons. The second kappa shape index (κ2) is 3.79. The van der Waals surface area contributed by atoms with Gasteiger partial charge in [0.15, 0.2) is 0 Å². The summed E-state index contributed by atoms with van der Waals surface area (Å²) in [5.74, 6) is 0.0565. The molecule has 1 aromatic heterocycles. The lowest BCUT2D eigenvalue weighted by Gasteiger charge is -2.08. The van der Waals surface area contributed by atoms with E-state index in [9.17, 15) is 4.79 Å². The van der Waals surface area contributed by atoms with E-state index in [0.29, 0.717) is 5.69 Å². The van der Waals surface area contributed by atoms with E-state index < -0.39 is 0 Å². The highest BCUT2D eigenvalue weighted by Gasteiger charge is 2.27. The van der Waals surface area contributed by atoms with Crippen LogP contribution in [0, 0.1) is 5.92 Å². The monoisotopic (exact) mass is 195 g/mol. The number of hydrogen-bond acceptors (Lipinski definition) is 4. The zero-order chi connectivity index (χ0) is 9.97. The van der Waals surface area contributed by atoms with Gasteiger partial charge < -0.3 is 15.6 Å². The van der Waals surface area contributed by atoms with Crippen molar-refractivity contribution in [2.75, 3.05) is 5.32 Å². The van der Waals surface area contributed by atoms with Gasteiger partial charge in [-0.05, 0) is 19.3 Å². The average molecular weight is 195 g/mol. The molecule has 1 fully saturated rings. The van der Waals surface area contributed by atoms with Crippen molar-refractivity contribution in [1.82, 2.24) is 5.16 Å². The van der Waals surface area contributed by atoms with E-state index in [4.69, 9.17) is 5.73 Å². The molecule has 0 spiro atoms. The van der Waals surface area contributed by atoms with E-state index in [-0.39, 0.29) is 17.9 Å². The predicted octanol–water partition coefficient (Wildman–Crippen LogP) is 0.740. The fourth-order valence-electron chi connectivity index (χ4n) is 1.77. The number of nitrogens with two attached hydrogens (primary N) is 1. The summed E-state index contributed by atoms with van der Waals surface area (Å²) < 4.78 is 4.61. The van der Waals surface area contributed by atoms with Crippen molar-refractivity contribution in [2.45, 2.75) is 25.3 Å². The summed E-state index contributed by atoms with van der Waals surface area (Å²) in [5.41, 5.74) is 6.33. The molecule has 1 saturated carbocycles. The molecule has 3 N–H and O–H groups in total. The van der Waals surface area contributed by atoms with E-state index in [2.05, 4.69) is 15.0 Å². The fraction of sp³-hybridized carbons (Fsp3) is 0.556. The Morgan fingerprint density at radius 3 is 3.07 bits per heavy atom. The zero-order valence-corrected chi connectivity index (χ0v) is 7.77. The number of carbonyl (C=O) groups excluding carboxylic acids is 1. The largest absolute Gasteiger partial charge is 0.363 e. The topological polar surface area (TPSA) is 81.2 Å². The molecule has 5 nitrogen and oxygen atoms in total. The summed E-state index contributed by atoms with van der Waals surface area (Å²) in [7, 11) is 0. The Kier molecular flexibility index (Phi) is 2.49. The Morgan fingerprint density at radius 1 is 1.64 bits per heavy atom. The molecule has 1 amide bonds. The molecular weight excluding hydrogens is 182 g/mol. The van der Waals surface area contributed by atoms with Gasteiger partial charge in [0, 0.05) is 12.0 Å². The van der Waals surface area contributed by atoms with Gasteiger partial charge in [0.05, 0.1) is 6.20 Å². The maximum absolute atomic E-state index is 11.6. The van der Waals surface area contributed by atoms with Crippen molar-refractivity contribution in [3.63, 3.8) is 0 Å². The number of rotatable bonds is 2. The Balaban J connectivity index is 1.90. The van der Waals surface area contributed by atoms with Gasteiger partial charge >= 0.3 is 0 Å². The molecule has 2 unspecified atom stereocenters. The van der Waals surface area contributed by atoms with Crippen molar-refractivity contribution >= 4 is 11.6 Å². The van der Waals surface area contributed by atoms with Gasteiger partial charge in [-0.15, -0.1) is 0 Å². The highest BCUT2D eigenvalue weighted by atomic mass is 16.5. The summed E-state index contributed by atoms with van der Waals surface area (Å²) in [5, 5.41) is 6.24. The standard InChI is InChI=1S/C9H13N3O2/c10-7-2-1-6(3-7)9(13)12-8-4-11-14-5-8/h4-7H,1-3,10H2,(H,12,13). The van der Waals surface area contributed by atoms with Gasteiger partial charge in [-0.3, -0.25) is 4.79 Å². The van der Waals surface area contributed by atoms with E-state index in [1.54, 1.807) is 0 Å². The molecule has 1 aromatic rings. The average Bonchev–Trinajstić information content (AvgIpc) is 2.75. The first-order valence-corrected chi connectivity index (χ1v) is 4.71. The van der Waals surface area contributed by atoms with Crippen LogP contribution in [0.3, 0.4) is 0 Å². The van der Waals surface area contributed by atoms with E-state index in [0.717, 1.165) is 19.3 Å². The minimum Gasteiger partial charge on any atom is -0.363 e. The molecule has 1 aliphatic carbocycles. The summed E-state index contributed by atoms with van der Waals surface area (Å²) >= 11 is 0. The molecule has 0 radical (unpaired) electrons. The van der Waals surface area contributed by atoms with Gasteiger partial charge in [0.25, 0.3) is 0 Å². The molecule has 1 aliphatic rings. The van der Waals surface area contributed by atoms with Crippen LogP contribution in [-0.4, -0.2) is 17.1 Å². The molecular formula is C9H13N3O2. The van der Waals surface area contributed by atoms with Crippen molar-refractivity contribution < 1.29 is 9.32 Å². The normalized spacial score (nSPS) is 26.4. The number of nitrogens with one attached hydrogen (secondary N) is 1. The molecule has 5 heteroatoms. The third-order valence-corrected chi connectivity index (χ3v) is 2.54. The van der Waals surface area contributed by atoms with Crippen molar-refractivity contribution in [3.05, 3.63) is 12.5 Å². The van der Waals surface area contributed by atoms with Gasteiger partial charge in [-0.2, -0.15) is 0 Å². The van der Waals surface area contributed by atoms with Crippen LogP contribution < -0.4 is 11.1 Å². The lowest BCUT2D eigenvalue weighted by Crippen LogP contribution is -2.22. The third-order valence-electron chi connectivity index (χ3n) is 2.54. The number of nitrogens with zero attached hydrogens (tertiary/aromatic N) is 1. The molecule has 2 rings (SSSR count). The number of carbonyl (C=O) groups is 1. The number of hydrogen-bond donors (Lipinski definition) is 2. The second-order valence-corrected chi connectivity index (χ2v) is 3.67. The van der Waals surface area contributed by atoms with Gasteiger partial charge in [-0.25, -0.2) is 0 Å². The Morgan fingerprint density at radius 2 is 2.50 bits per heavy atom. The van der Waals surface area contributed by atoms with Crippen LogP contribution in [0.4, 0.5) is 5.69 Å². The first-order chi connectivity index (χ1) is 6.75. The fourth-order valence-corrected chi connectivity index (χ4v) is 1.77. The SMILES string of the molecule is NC1CCC(C(=O)Nc2cnoc2)C1. The van der Waals surface area contributed by atoms with Crippen LogP contribution in [-0.2, 0) is 4.79 Å². The van der Waals surface area contributed by atoms with Crippen molar-refractivity contribution in [2.24, 2.45) is 11.7 Å². The van der Waals surface area contributed by atoms with Crippen molar-refractivity contribution in [1.29, 1.82) is 0 Å². The molecule has 0 aliphatic heterocycles. The highest BCUT2D eigenvalue weighted by molar-refractivity contribution is 5.92. The van der Waals surface area contributed by atoms with Gasteiger partial charge in [0.2, 0.25) is 5.91 Å². The molecule has 14 heavy (non-hydrogen) atoms. The Labute approximate surface area is 81.6 Å². The zero-order valence-electron chi connectivity index (χ0n) is 7.77. The minimum absolute atomic E-state index is 0.0150. The van der Waals surface area contributed by atoms with Crippen LogP contribution in [0.5, 0.6) is 0 Å². The maximum Gasteiger partial charge on any atom is 0.227 e. The first kappa shape index (κ1) is 9.21. The first-order valence-electron chi connectivity index (χ1n) is 4.71. The van der Waals surface area contributed by atoms with Crippen LogP contribution >= 0.6 is 0 Å². The third kappa shape index (κ3) is 1.93. The van der Waals surface area contributed by atoms with Gasteiger partial charge in [-0.1, -0.05) is 5.16 Å². The number of aromatic nitrogens is 1. The highest BCUT2D eigenvalue weighted by Crippen LogP contribution is 2.25. The Bertz CT molecular complexity index is 310. The lowest BCUT2D eigenvalue weighted by molar-refractivity contribution is -0.119. The molecule has 1 heterocycles. The van der Waals surface area contributed by atoms with Crippen LogP contribution in [0.25, 0.3) is 0 Å². The van der Waals surface area contributed by atoms with Crippen LogP contribution in [0.1, 0.15) is 19.3 Å². The quantitative estimate of drug-likeness (QED) is 0.729. The Hall–Kier alpha value is -1.36. The number of amides is 1. The summed E-state index contributed by atoms with van der Waals surface area (Å²) in [6.45, 7) is 0. The smallest absolute Gasteiger partial charge is 0.227 e. The van der Waals surface area contributed by atoms with Crippen molar-refractivity contribution in [3.8, 4) is 0 Å². The second-order valence-electron chi connectivity index (χ2n) is 3.67. The van der Waals surface area contributed by atoms with Gasteiger partial charge in [0.1, 0.15) is 12.0 Å². The predicted molar refractivity (Wildman–Crippen MR) is 50.4 cm³/mol. The molecule has 2 atom stereocenters. The van der Waals surface area contributed by atoms with E-state index >= 15 is 0 Å². The van der Waals surface area contributed by atoms with Crippen LogP contribution in [0.15, 0.2) is 17.0 Å². The molecule has 0 aromatic carbocycles. The van der Waals surface area contributed by atoms with Crippen LogP contribution in [0.2, 0.25) is 0 Å². The molecule has 0 bridgehead atoms. The summed E-state index contributed by atoms with van der Waals surface area (Å²) in [4.78, 5) is 11.6. The van der Waals surface area contributed by atoms with E-state index in [1.165, 1.54) is 12.5 Å². The minimum atomic E-state index is 0.0150. The molecule has 0 saturated heterocycles. The lowest BCUT2D eigenvalue weighted by atomic mass is 10.1. The summed E-state index contributed by atoms with van der Waals surface area (Å²) in [6.07, 6.45) is 5.47. The number of anilines is 1. The maximum atomic E-state index is 11.6.